The number of hydrogen-bond donors (Lipinski definition) is 0. The van der Waals surface area contributed by atoms with Gasteiger partial charge in [0.2, 0.25) is 5.91 Å². The smallest absolute Gasteiger partial charge is 0.343 e. The molecule has 1 aliphatic rings. The lowest BCUT2D eigenvalue weighted by atomic mass is 10.2. The van der Waals surface area contributed by atoms with E-state index in [9.17, 15) is 14.4 Å². The number of nitrogens with zero attached hydrogens (tertiary/aromatic N) is 3. The summed E-state index contributed by atoms with van der Waals surface area (Å²) in [5.41, 5.74) is 1.41. The number of benzene rings is 1. The van der Waals surface area contributed by atoms with Crippen LogP contribution in [0, 0.1) is 6.92 Å². The van der Waals surface area contributed by atoms with Gasteiger partial charge in [0.1, 0.15) is 10.7 Å². The number of para-hydroxylation sites is 1. The van der Waals surface area contributed by atoms with Crippen LogP contribution in [-0.2, 0) is 19.1 Å². The van der Waals surface area contributed by atoms with Crippen LogP contribution in [0.5, 0.6) is 0 Å². The van der Waals surface area contributed by atoms with Gasteiger partial charge in [0.05, 0.1) is 42.0 Å². The molecular weight excluding hydrogens is 430 g/mol. The first kappa shape index (κ1) is 21.9. The Morgan fingerprint density at radius 3 is 2.73 bits per heavy atom. The van der Waals surface area contributed by atoms with Crippen LogP contribution in [0.15, 0.2) is 41.4 Å². The number of aryl methyl sites for hydroxylation is 1. The SMILES string of the molecule is COC(=O)/C=C1/SCC(=O)N1CCCOC(=O)c1c(C)nn(-c2ccccc2)c1Cl. The normalized spacial score (nSPS) is 15.0. The number of hydrogen-bond acceptors (Lipinski definition) is 7. The highest BCUT2D eigenvalue weighted by Gasteiger charge is 2.27. The van der Waals surface area contributed by atoms with Crippen molar-refractivity contribution >= 4 is 41.2 Å². The maximum absolute atomic E-state index is 12.5. The highest BCUT2D eigenvalue weighted by Crippen LogP contribution is 2.29. The molecule has 1 aromatic carbocycles. The van der Waals surface area contributed by atoms with Crippen molar-refractivity contribution < 1.29 is 23.9 Å². The molecule has 2 aromatic rings. The molecule has 0 saturated carbocycles. The number of ether oxygens (including phenoxy) is 2. The van der Waals surface area contributed by atoms with Crippen molar-refractivity contribution in [3.05, 3.63) is 57.8 Å². The molecule has 8 nitrogen and oxygen atoms in total. The standard InChI is InChI=1S/C20H20ClN3O5S/c1-13-18(19(21)24(22-13)14-7-4-3-5-8-14)20(27)29-10-6-9-23-15(25)12-30-16(23)11-17(26)28-2/h3-5,7-8,11H,6,9-10,12H2,1-2H3/b16-11+. The number of rotatable bonds is 7. The van der Waals surface area contributed by atoms with E-state index in [4.69, 9.17) is 16.3 Å². The quantitative estimate of drug-likeness (QED) is 0.364. The predicted octanol–water partition coefficient (Wildman–Crippen LogP) is 2.97. The molecule has 3 rings (SSSR count). The molecule has 0 spiro atoms. The van der Waals surface area contributed by atoms with E-state index in [0.29, 0.717) is 23.7 Å². The van der Waals surface area contributed by atoms with E-state index in [1.165, 1.54) is 34.5 Å². The van der Waals surface area contributed by atoms with Gasteiger partial charge in [-0.05, 0) is 25.5 Å². The van der Waals surface area contributed by atoms with Gasteiger partial charge >= 0.3 is 11.9 Å². The van der Waals surface area contributed by atoms with Crippen LogP contribution < -0.4 is 0 Å². The molecule has 10 heteroatoms. The third-order valence-corrected chi connectivity index (χ3v) is 5.70. The van der Waals surface area contributed by atoms with Gasteiger partial charge in [0.15, 0.2) is 0 Å². The zero-order chi connectivity index (χ0) is 21.7. The van der Waals surface area contributed by atoms with Crippen molar-refractivity contribution in [3.63, 3.8) is 0 Å². The van der Waals surface area contributed by atoms with Gasteiger partial charge in [0, 0.05) is 6.54 Å². The summed E-state index contributed by atoms with van der Waals surface area (Å²) in [5.74, 6) is -0.948. The average Bonchev–Trinajstić information content (AvgIpc) is 3.24. The highest BCUT2D eigenvalue weighted by atomic mass is 35.5. The first-order valence-corrected chi connectivity index (χ1v) is 10.5. The summed E-state index contributed by atoms with van der Waals surface area (Å²) in [7, 11) is 1.28. The largest absolute Gasteiger partial charge is 0.466 e. The first-order chi connectivity index (χ1) is 14.4. The fourth-order valence-electron chi connectivity index (χ4n) is 2.86. The van der Waals surface area contributed by atoms with Crippen molar-refractivity contribution in [2.45, 2.75) is 13.3 Å². The van der Waals surface area contributed by atoms with Crippen LogP contribution in [0.3, 0.4) is 0 Å². The van der Waals surface area contributed by atoms with E-state index in [1.807, 2.05) is 30.3 Å². The van der Waals surface area contributed by atoms with Crippen LogP contribution in [-0.4, -0.2) is 58.5 Å². The van der Waals surface area contributed by atoms with Crippen LogP contribution >= 0.6 is 23.4 Å². The third kappa shape index (κ3) is 4.85. The Morgan fingerprint density at radius 1 is 1.30 bits per heavy atom. The Morgan fingerprint density at radius 2 is 2.03 bits per heavy atom. The number of methoxy groups -OCH3 is 1. The summed E-state index contributed by atoms with van der Waals surface area (Å²) in [6.07, 6.45) is 1.68. The molecule has 1 aromatic heterocycles. The Balaban J connectivity index is 1.59. The van der Waals surface area contributed by atoms with E-state index in [1.54, 1.807) is 6.92 Å². The molecular formula is C20H20ClN3O5S. The fourth-order valence-corrected chi connectivity index (χ4v) is 4.16. The summed E-state index contributed by atoms with van der Waals surface area (Å²) < 4.78 is 11.4. The van der Waals surface area contributed by atoms with Crippen molar-refractivity contribution in [1.29, 1.82) is 0 Å². The van der Waals surface area contributed by atoms with Gasteiger partial charge in [-0.25, -0.2) is 14.3 Å². The second kappa shape index (κ2) is 9.82. The number of halogens is 1. The molecule has 2 heterocycles. The van der Waals surface area contributed by atoms with E-state index in [2.05, 4.69) is 9.84 Å². The van der Waals surface area contributed by atoms with Crippen molar-refractivity contribution in [2.75, 3.05) is 26.0 Å². The maximum Gasteiger partial charge on any atom is 0.343 e. The zero-order valence-corrected chi connectivity index (χ0v) is 18.0. The molecule has 0 radical (unpaired) electrons. The molecule has 1 aliphatic heterocycles. The molecule has 0 atom stereocenters. The predicted molar refractivity (Wildman–Crippen MR) is 112 cm³/mol. The van der Waals surface area contributed by atoms with E-state index in [-0.39, 0.29) is 29.0 Å². The summed E-state index contributed by atoms with van der Waals surface area (Å²) >= 11 is 7.64. The molecule has 1 fully saturated rings. The second-order valence-corrected chi connectivity index (χ2v) is 7.68. The lowest BCUT2D eigenvalue weighted by Crippen LogP contribution is -2.27. The molecule has 1 saturated heterocycles. The molecule has 158 valence electrons. The van der Waals surface area contributed by atoms with Gasteiger partial charge in [-0.1, -0.05) is 41.6 Å². The minimum absolute atomic E-state index is 0.0884. The Kier molecular flexibility index (Phi) is 7.17. The van der Waals surface area contributed by atoms with E-state index in [0.717, 1.165) is 5.69 Å². The van der Waals surface area contributed by atoms with Crippen LogP contribution in [0.1, 0.15) is 22.5 Å². The van der Waals surface area contributed by atoms with Gasteiger partial charge < -0.3 is 14.4 Å². The summed E-state index contributed by atoms with van der Waals surface area (Å²) in [6.45, 7) is 2.09. The van der Waals surface area contributed by atoms with Gasteiger partial charge in [0.25, 0.3) is 0 Å². The number of amides is 1. The number of carbonyl (C=O) groups excluding carboxylic acids is 3. The second-order valence-electron chi connectivity index (χ2n) is 6.33. The van der Waals surface area contributed by atoms with Crippen LogP contribution in [0.2, 0.25) is 5.15 Å². The van der Waals surface area contributed by atoms with Gasteiger partial charge in [-0.15, -0.1) is 0 Å². The average molecular weight is 450 g/mol. The topological polar surface area (TPSA) is 90.7 Å². The molecule has 0 N–H and O–H groups in total. The number of esters is 2. The minimum atomic E-state index is -0.577. The molecule has 0 unspecified atom stereocenters. The third-order valence-electron chi connectivity index (χ3n) is 4.32. The van der Waals surface area contributed by atoms with Gasteiger partial charge in [-0.3, -0.25) is 4.79 Å². The van der Waals surface area contributed by atoms with Gasteiger partial charge in [-0.2, -0.15) is 5.10 Å². The molecule has 30 heavy (non-hydrogen) atoms. The zero-order valence-electron chi connectivity index (χ0n) is 16.5. The van der Waals surface area contributed by atoms with Crippen molar-refractivity contribution in [2.24, 2.45) is 0 Å². The lowest BCUT2D eigenvalue weighted by Gasteiger charge is -2.16. The maximum atomic E-state index is 12.5. The van der Waals surface area contributed by atoms with E-state index >= 15 is 0 Å². The summed E-state index contributed by atoms with van der Waals surface area (Å²) in [4.78, 5) is 37.4. The number of carbonyl (C=O) groups is 3. The van der Waals surface area contributed by atoms with Crippen molar-refractivity contribution in [3.8, 4) is 5.69 Å². The monoisotopic (exact) mass is 449 g/mol. The molecule has 1 amide bonds. The summed E-state index contributed by atoms with van der Waals surface area (Å²) in [5, 5.41) is 5.03. The summed E-state index contributed by atoms with van der Waals surface area (Å²) in [6, 6.07) is 9.23. The number of aromatic nitrogens is 2. The van der Waals surface area contributed by atoms with E-state index < -0.39 is 11.9 Å². The minimum Gasteiger partial charge on any atom is -0.466 e. The molecule has 0 aliphatic carbocycles. The Labute approximate surface area is 182 Å². The van der Waals surface area contributed by atoms with Crippen molar-refractivity contribution in [1.82, 2.24) is 14.7 Å². The first-order valence-electron chi connectivity index (χ1n) is 9.13. The highest BCUT2D eigenvalue weighted by molar-refractivity contribution is 8.04. The molecule has 0 bridgehead atoms. The Hall–Kier alpha value is -2.78. The lowest BCUT2D eigenvalue weighted by molar-refractivity contribution is -0.134. The number of thioether (sulfide) groups is 1. The van der Waals surface area contributed by atoms with Crippen LogP contribution in [0.25, 0.3) is 5.69 Å². The fraction of sp³-hybridized carbons (Fsp3) is 0.300. The Bertz CT molecular complexity index is 990. The van der Waals surface area contributed by atoms with Crippen LogP contribution in [0.4, 0.5) is 0 Å².